The molecule has 26 heavy (non-hydrogen) atoms. The summed E-state index contributed by atoms with van der Waals surface area (Å²) in [5.41, 5.74) is 0.0579. The van der Waals surface area contributed by atoms with E-state index in [1.807, 2.05) is 6.26 Å². The molecule has 0 bridgehead atoms. The van der Waals surface area contributed by atoms with Crippen molar-refractivity contribution in [1.82, 2.24) is 9.62 Å². The Morgan fingerprint density at radius 1 is 1.35 bits per heavy atom. The first-order chi connectivity index (χ1) is 12.3. The van der Waals surface area contributed by atoms with Gasteiger partial charge in [0.05, 0.1) is 5.02 Å². The van der Waals surface area contributed by atoms with Gasteiger partial charge >= 0.3 is 5.97 Å². The second kappa shape index (κ2) is 9.07. The lowest BCUT2D eigenvalue weighted by molar-refractivity contribution is -0.139. The minimum atomic E-state index is -3.78. The molecule has 7 nitrogen and oxygen atoms in total. The second-order valence-electron chi connectivity index (χ2n) is 5.90. The number of amides is 1. The van der Waals surface area contributed by atoms with Gasteiger partial charge in [-0.05, 0) is 49.5 Å². The molecule has 1 aromatic carbocycles. The van der Waals surface area contributed by atoms with Gasteiger partial charge in [-0.2, -0.15) is 16.1 Å². The number of halogens is 1. The Morgan fingerprint density at radius 3 is 2.58 bits per heavy atom. The van der Waals surface area contributed by atoms with Crippen LogP contribution in [0.5, 0.6) is 0 Å². The van der Waals surface area contributed by atoms with E-state index in [4.69, 9.17) is 11.6 Å². The van der Waals surface area contributed by atoms with Crippen molar-refractivity contribution in [3.63, 3.8) is 0 Å². The van der Waals surface area contributed by atoms with E-state index in [-0.39, 0.29) is 21.9 Å². The molecule has 2 N–H and O–H groups in total. The number of hydrogen-bond acceptors (Lipinski definition) is 5. The van der Waals surface area contributed by atoms with Crippen molar-refractivity contribution in [2.24, 2.45) is 0 Å². The third kappa shape index (κ3) is 4.91. The number of hydrogen-bond donors (Lipinski definition) is 2. The Hall–Kier alpha value is -1.29. The van der Waals surface area contributed by atoms with Crippen LogP contribution >= 0.6 is 23.4 Å². The van der Waals surface area contributed by atoms with Crippen LogP contribution in [0, 0.1) is 0 Å². The Labute approximate surface area is 162 Å². The molecule has 1 fully saturated rings. The zero-order chi connectivity index (χ0) is 19.3. The van der Waals surface area contributed by atoms with Crippen LogP contribution in [0.15, 0.2) is 23.1 Å². The Morgan fingerprint density at radius 2 is 2.00 bits per heavy atom. The number of nitrogens with zero attached hydrogens (tertiary/aromatic N) is 1. The van der Waals surface area contributed by atoms with Gasteiger partial charge in [-0.15, -0.1) is 0 Å². The highest BCUT2D eigenvalue weighted by Gasteiger charge is 2.30. The highest BCUT2D eigenvalue weighted by Crippen LogP contribution is 2.28. The maximum absolute atomic E-state index is 12.7. The summed E-state index contributed by atoms with van der Waals surface area (Å²) in [5.74, 6) is -1.20. The van der Waals surface area contributed by atoms with E-state index in [9.17, 15) is 23.1 Å². The maximum Gasteiger partial charge on any atom is 0.326 e. The van der Waals surface area contributed by atoms with Crippen LogP contribution in [-0.4, -0.2) is 60.8 Å². The second-order valence-corrected chi connectivity index (χ2v) is 9.20. The van der Waals surface area contributed by atoms with Crippen LogP contribution in [0.3, 0.4) is 0 Å². The molecule has 1 amide bonds. The molecule has 1 unspecified atom stereocenters. The highest BCUT2D eigenvalue weighted by atomic mass is 35.5. The summed E-state index contributed by atoms with van der Waals surface area (Å²) in [6.45, 7) is 0.843. The van der Waals surface area contributed by atoms with Gasteiger partial charge in [-0.1, -0.05) is 11.6 Å². The van der Waals surface area contributed by atoms with Crippen molar-refractivity contribution >= 4 is 45.3 Å². The quantitative estimate of drug-likeness (QED) is 0.667. The van der Waals surface area contributed by atoms with E-state index in [1.54, 1.807) is 0 Å². The number of carboxylic acids is 1. The molecule has 0 saturated carbocycles. The number of sulfonamides is 1. The van der Waals surface area contributed by atoms with Crippen LogP contribution in [-0.2, 0) is 14.8 Å². The number of carbonyl (C=O) groups excluding carboxylic acids is 1. The fourth-order valence-corrected chi connectivity index (χ4v) is 5.13. The molecular formula is C16H21ClN2O5S2. The lowest BCUT2D eigenvalue weighted by atomic mass is 10.1. The largest absolute Gasteiger partial charge is 0.480 e. The molecule has 2 rings (SSSR count). The van der Waals surface area contributed by atoms with Crippen molar-refractivity contribution in [3.05, 3.63) is 28.8 Å². The van der Waals surface area contributed by atoms with Gasteiger partial charge in [0.2, 0.25) is 10.0 Å². The first-order valence-electron chi connectivity index (χ1n) is 8.09. The number of benzene rings is 1. The van der Waals surface area contributed by atoms with E-state index >= 15 is 0 Å². The Kier molecular flexibility index (Phi) is 7.33. The lowest BCUT2D eigenvalue weighted by Crippen LogP contribution is -2.41. The van der Waals surface area contributed by atoms with Crippen molar-refractivity contribution in [2.75, 3.05) is 25.1 Å². The smallest absolute Gasteiger partial charge is 0.326 e. The van der Waals surface area contributed by atoms with Gasteiger partial charge in [0, 0.05) is 18.7 Å². The monoisotopic (exact) mass is 420 g/mol. The summed E-state index contributed by atoms with van der Waals surface area (Å²) >= 11 is 7.53. The molecule has 1 aromatic rings. The van der Waals surface area contributed by atoms with Gasteiger partial charge in [-0.3, -0.25) is 4.79 Å². The molecule has 1 saturated heterocycles. The normalized spacial score (nSPS) is 16.4. The average Bonchev–Trinajstić information content (AvgIpc) is 3.13. The highest BCUT2D eigenvalue weighted by molar-refractivity contribution is 7.98. The summed E-state index contributed by atoms with van der Waals surface area (Å²) in [7, 11) is -3.78. The molecule has 1 heterocycles. The van der Waals surface area contributed by atoms with Crippen LogP contribution in [0.1, 0.15) is 29.6 Å². The standard InChI is InChI=1S/C16H21ClN2O5S2/c1-25-9-6-13(16(21)22)18-15(20)11-4-5-12(17)14(10-11)26(23,24)19-7-2-3-8-19/h4-5,10,13H,2-3,6-9H2,1H3,(H,18,20)(H,21,22). The van der Waals surface area contributed by atoms with Gasteiger partial charge in [0.25, 0.3) is 5.91 Å². The van der Waals surface area contributed by atoms with E-state index < -0.39 is 27.9 Å². The fraction of sp³-hybridized carbons (Fsp3) is 0.500. The van der Waals surface area contributed by atoms with Crippen molar-refractivity contribution in [2.45, 2.75) is 30.2 Å². The summed E-state index contributed by atoms with van der Waals surface area (Å²) in [6.07, 6.45) is 3.68. The van der Waals surface area contributed by atoms with Crippen LogP contribution < -0.4 is 5.32 Å². The first kappa shape index (κ1) is 21.0. The molecule has 0 spiro atoms. The number of nitrogens with one attached hydrogen (secondary N) is 1. The lowest BCUT2D eigenvalue weighted by Gasteiger charge is -2.18. The number of carboxylic acid groups (broad SMARTS) is 1. The SMILES string of the molecule is CSCCC(NC(=O)c1ccc(Cl)c(S(=O)(=O)N2CCCC2)c1)C(=O)O. The number of rotatable bonds is 8. The molecule has 144 valence electrons. The molecule has 1 aliphatic heterocycles. The summed E-state index contributed by atoms with van der Waals surface area (Å²) in [4.78, 5) is 23.5. The average molecular weight is 421 g/mol. The van der Waals surface area contributed by atoms with Crippen molar-refractivity contribution < 1.29 is 23.1 Å². The molecule has 0 aromatic heterocycles. The number of aliphatic carboxylic acids is 1. The summed E-state index contributed by atoms with van der Waals surface area (Å²) in [5, 5.41) is 11.7. The summed E-state index contributed by atoms with van der Waals surface area (Å²) in [6, 6.07) is 2.90. The maximum atomic E-state index is 12.7. The van der Waals surface area contributed by atoms with E-state index in [0.29, 0.717) is 18.8 Å². The van der Waals surface area contributed by atoms with Crippen LogP contribution in [0.25, 0.3) is 0 Å². The molecule has 0 aliphatic carbocycles. The molecule has 10 heteroatoms. The molecule has 0 radical (unpaired) electrons. The zero-order valence-corrected chi connectivity index (χ0v) is 16.7. The first-order valence-corrected chi connectivity index (χ1v) is 11.3. The third-order valence-electron chi connectivity index (χ3n) is 4.09. The number of carbonyl (C=O) groups is 2. The molecular weight excluding hydrogens is 400 g/mol. The Balaban J connectivity index is 2.25. The van der Waals surface area contributed by atoms with Gasteiger partial charge in [0.15, 0.2) is 0 Å². The van der Waals surface area contributed by atoms with Crippen LogP contribution in [0.2, 0.25) is 5.02 Å². The minimum Gasteiger partial charge on any atom is -0.480 e. The third-order valence-corrected chi connectivity index (χ3v) is 7.11. The van der Waals surface area contributed by atoms with Crippen LogP contribution in [0.4, 0.5) is 0 Å². The van der Waals surface area contributed by atoms with Gasteiger partial charge < -0.3 is 10.4 Å². The topological polar surface area (TPSA) is 104 Å². The minimum absolute atomic E-state index is 0.0330. The van der Waals surface area contributed by atoms with E-state index in [0.717, 1.165) is 12.8 Å². The van der Waals surface area contributed by atoms with Crippen molar-refractivity contribution in [1.29, 1.82) is 0 Å². The zero-order valence-electron chi connectivity index (χ0n) is 14.3. The predicted molar refractivity (Wildman–Crippen MR) is 101 cm³/mol. The van der Waals surface area contributed by atoms with Crippen molar-refractivity contribution in [3.8, 4) is 0 Å². The fourth-order valence-electron chi connectivity index (χ4n) is 2.64. The molecule has 1 atom stereocenters. The Bertz CT molecular complexity index is 779. The van der Waals surface area contributed by atoms with Gasteiger partial charge in [-0.25, -0.2) is 13.2 Å². The van der Waals surface area contributed by atoms with E-state index in [2.05, 4.69) is 5.32 Å². The summed E-state index contributed by atoms with van der Waals surface area (Å²) < 4.78 is 26.8. The van der Waals surface area contributed by atoms with E-state index in [1.165, 1.54) is 34.3 Å². The number of thioether (sulfide) groups is 1. The van der Waals surface area contributed by atoms with Gasteiger partial charge in [0.1, 0.15) is 10.9 Å². The molecule has 1 aliphatic rings. The predicted octanol–water partition coefficient (Wildman–Crippen LogP) is 2.06.